The Morgan fingerprint density at radius 3 is 2.73 bits per heavy atom. The summed E-state index contributed by atoms with van der Waals surface area (Å²) in [5.41, 5.74) is -0.719. The highest BCUT2D eigenvalue weighted by molar-refractivity contribution is 5.87. The van der Waals surface area contributed by atoms with Crippen LogP contribution in [0.2, 0.25) is 0 Å². The van der Waals surface area contributed by atoms with Crippen molar-refractivity contribution in [1.82, 2.24) is 9.55 Å². The summed E-state index contributed by atoms with van der Waals surface area (Å²) in [7, 11) is 0. The number of aromatic nitrogens is 2. The van der Waals surface area contributed by atoms with Crippen molar-refractivity contribution >= 4 is 17.7 Å². The molecule has 1 aromatic heterocycles. The number of carbonyl (C=O) groups is 2. The molecule has 1 rings (SSSR count). The number of carboxylic acid groups (broad SMARTS) is 1. The summed E-state index contributed by atoms with van der Waals surface area (Å²) in [5, 5.41) is 10.8. The van der Waals surface area contributed by atoms with Gasteiger partial charge in [0.25, 0.3) is 0 Å². The first-order chi connectivity index (χ1) is 6.99. The van der Waals surface area contributed by atoms with Crippen LogP contribution < -0.4 is 11.0 Å². The lowest BCUT2D eigenvalue weighted by molar-refractivity contribution is -0.137. The van der Waals surface area contributed by atoms with Crippen LogP contribution in [-0.4, -0.2) is 26.5 Å². The molecule has 1 amide bonds. The smallest absolute Gasteiger partial charge is 0.350 e. The molecule has 0 bridgehead atoms. The Labute approximate surface area is 84.4 Å². The molecule has 0 aliphatic heterocycles. The predicted octanol–water partition coefficient (Wildman–Crippen LogP) is -0.714. The molecule has 0 atom stereocenters. The molecule has 15 heavy (non-hydrogen) atoms. The topological polar surface area (TPSA) is 101 Å². The van der Waals surface area contributed by atoms with E-state index in [9.17, 15) is 14.4 Å². The highest BCUT2D eigenvalue weighted by Crippen LogP contribution is 1.96. The Balaban J connectivity index is 2.93. The first kappa shape index (κ1) is 10.9. The molecule has 0 saturated heterocycles. The second kappa shape index (κ2) is 4.36. The zero-order valence-electron chi connectivity index (χ0n) is 7.93. The lowest BCUT2D eigenvalue weighted by Gasteiger charge is -2.03. The average Bonchev–Trinajstić information content (AvgIpc) is 2.08. The summed E-state index contributed by atoms with van der Waals surface area (Å²) in [6, 6.07) is 1.35. The van der Waals surface area contributed by atoms with E-state index in [1.807, 2.05) is 0 Å². The van der Waals surface area contributed by atoms with Gasteiger partial charge in [-0.05, 0) is 6.07 Å². The number of anilines is 1. The van der Waals surface area contributed by atoms with Crippen molar-refractivity contribution in [3.05, 3.63) is 22.7 Å². The van der Waals surface area contributed by atoms with E-state index in [4.69, 9.17) is 5.11 Å². The molecule has 1 heterocycles. The molecule has 7 heteroatoms. The lowest BCUT2D eigenvalue weighted by Crippen LogP contribution is -2.27. The van der Waals surface area contributed by atoms with Crippen molar-refractivity contribution in [2.75, 3.05) is 5.32 Å². The Bertz CT molecular complexity index is 451. The van der Waals surface area contributed by atoms with Gasteiger partial charge >= 0.3 is 11.7 Å². The molecular weight excluding hydrogens is 202 g/mol. The molecule has 0 aliphatic rings. The minimum Gasteiger partial charge on any atom is -0.480 e. The number of carbonyl (C=O) groups excluding carboxylic acids is 1. The van der Waals surface area contributed by atoms with Gasteiger partial charge in [0.05, 0.1) is 0 Å². The Kier molecular flexibility index (Phi) is 3.17. The maximum atomic E-state index is 11.2. The van der Waals surface area contributed by atoms with Crippen LogP contribution in [-0.2, 0) is 16.1 Å². The summed E-state index contributed by atoms with van der Waals surface area (Å²) in [6.45, 7) is 0.830. The highest BCUT2D eigenvalue weighted by Gasteiger charge is 2.04. The van der Waals surface area contributed by atoms with E-state index < -0.39 is 18.2 Å². The van der Waals surface area contributed by atoms with Gasteiger partial charge in [0.1, 0.15) is 12.4 Å². The minimum absolute atomic E-state index is 0.106. The Hall–Kier alpha value is -2.18. The van der Waals surface area contributed by atoms with Gasteiger partial charge in [-0.1, -0.05) is 0 Å². The number of amides is 1. The van der Waals surface area contributed by atoms with Gasteiger partial charge in [-0.3, -0.25) is 14.2 Å². The fourth-order valence-electron chi connectivity index (χ4n) is 0.945. The number of carboxylic acids is 1. The molecule has 0 spiro atoms. The van der Waals surface area contributed by atoms with Gasteiger partial charge in [0.2, 0.25) is 5.91 Å². The monoisotopic (exact) mass is 211 g/mol. The maximum Gasteiger partial charge on any atom is 0.350 e. The first-order valence-electron chi connectivity index (χ1n) is 4.06. The molecule has 1 aromatic rings. The molecule has 0 fully saturated rings. The molecule has 7 nitrogen and oxygen atoms in total. The number of nitrogens with zero attached hydrogens (tertiary/aromatic N) is 2. The molecule has 0 aromatic carbocycles. The van der Waals surface area contributed by atoms with E-state index in [0.717, 1.165) is 4.57 Å². The van der Waals surface area contributed by atoms with Crippen molar-refractivity contribution < 1.29 is 14.7 Å². The van der Waals surface area contributed by atoms with Crippen LogP contribution in [0, 0.1) is 0 Å². The third-order valence-corrected chi connectivity index (χ3v) is 1.48. The van der Waals surface area contributed by atoms with E-state index >= 15 is 0 Å². The molecule has 80 valence electrons. The van der Waals surface area contributed by atoms with E-state index in [1.165, 1.54) is 19.2 Å². The Morgan fingerprint density at radius 2 is 2.27 bits per heavy atom. The summed E-state index contributed by atoms with van der Waals surface area (Å²) in [4.78, 5) is 35.6. The van der Waals surface area contributed by atoms with Crippen molar-refractivity contribution in [2.45, 2.75) is 13.5 Å². The van der Waals surface area contributed by atoms with Crippen molar-refractivity contribution in [1.29, 1.82) is 0 Å². The van der Waals surface area contributed by atoms with E-state index in [2.05, 4.69) is 10.3 Å². The van der Waals surface area contributed by atoms with Gasteiger partial charge < -0.3 is 10.4 Å². The minimum atomic E-state index is -1.13. The maximum absolute atomic E-state index is 11.2. The van der Waals surface area contributed by atoms with Gasteiger partial charge in [-0.25, -0.2) is 4.79 Å². The van der Waals surface area contributed by atoms with Crippen LogP contribution in [0.25, 0.3) is 0 Å². The quantitative estimate of drug-likeness (QED) is 0.687. The largest absolute Gasteiger partial charge is 0.480 e. The summed E-state index contributed by atoms with van der Waals surface area (Å²) < 4.78 is 0.924. The van der Waals surface area contributed by atoms with Gasteiger partial charge in [-0.15, -0.1) is 0 Å². The van der Waals surface area contributed by atoms with Crippen molar-refractivity contribution in [2.24, 2.45) is 0 Å². The number of hydrogen-bond acceptors (Lipinski definition) is 4. The lowest BCUT2D eigenvalue weighted by atomic mass is 10.5. The molecule has 2 N–H and O–H groups in total. The standard InChI is InChI=1S/C8H9N3O4/c1-5(12)9-6-2-3-11(4-7(13)14)8(15)10-6/h2-3H,4H2,1H3,(H,13,14)(H,9,10,12,15). The fraction of sp³-hybridized carbons (Fsp3) is 0.250. The number of rotatable bonds is 3. The van der Waals surface area contributed by atoms with E-state index in [0.29, 0.717) is 0 Å². The zero-order valence-corrected chi connectivity index (χ0v) is 7.93. The predicted molar refractivity (Wildman–Crippen MR) is 50.4 cm³/mol. The SMILES string of the molecule is CC(=O)Nc1ccn(CC(=O)O)c(=O)n1. The average molecular weight is 211 g/mol. The number of aliphatic carboxylic acids is 1. The van der Waals surface area contributed by atoms with E-state index in [-0.39, 0.29) is 11.7 Å². The van der Waals surface area contributed by atoms with E-state index in [1.54, 1.807) is 0 Å². The van der Waals surface area contributed by atoms with Crippen LogP contribution >= 0.6 is 0 Å². The fourth-order valence-corrected chi connectivity index (χ4v) is 0.945. The first-order valence-corrected chi connectivity index (χ1v) is 4.06. The molecule has 0 saturated carbocycles. The van der Waals surface area contributed by atoms with Crippen molar-refractivity contribution in [3.63, 3.8) is 0 Å². The molecule has 0 unspecified atom stereocenters. The number of hydrogen-bond donors (Lipinski definition) is 2. The van der Waals surface area contributed by atoms with Crippen LogP contribution in [0.3, 0.4) is 0 Å². The molecule has 0 aliphatic carbocycles. The summed E-state index contributed by atoms with van der Waals surface area (Å²) in [6.07, 6.45) is 1.26. The normalized spacial score (nSPS) is 9.67. The van der Waals surface area contributed by atoms with Gasteiger partial charge in [-0.2, -0.15) is 4.98 Å². The Morgan fingerprint density at radius 1 is 1.60 bits per heavy atom. The third kappa shape index (κ3) is 3.22. The van der Waals surface area contributed by atoms with Crippen LogP contribution in [0.15, 0.2) is 17.1 Å². The zero-order chi connectivity index (χ0) is 11.4. The third-order valence-electron chi connectivity index (χ3n) is 1.48. The number of nitrogens with one attached hydrogen (secondary N) is 1. The van der Waals surface area contributed by atoms with Gasteiger partial charge in [0.15, 0.2) is 0 Å². The summed E-state index contributed by atoms with van der Waals surface area (Å²) in [5.74, 6) is -1.38. The van der Waals surface area contributed by atoms with Gasteiger partial charge in [0, 0.05) is 13.1 Å². The molecule has 0 radical (unpaired) electrons. The van der Waals surface area contributed by atoms with Crippen LogP contribution in [0.1, 0.15) is 6.92 Å². The van der Waals surface area contributed by atoms with Crippen molar-refractivity contribution in [3.8, 4) is 0 Å². The second-order valence-electron chi connectivity index (χ2n) is 2.80. The molecular formula is C8H9N3O4. The van der Waals surface area contributed by atoms with Crippen LogP contribution in [0.5, 0.6) is 0 Å². The second-order valence-corrected chi connectivity index (χ2v) is 2.80. The van der Waals surface area contributed by atoms with Crippen LogP contribution in [0.4, 0.5) is 5.82 Å². The highest BCUT2D eigenvalue weighted by atomic mass is 16.4. The summed E-state index contributed by atoms with van der Waals surface area (Å²) >= 11 is 0.